The second-order valence-electron chi connectivity index (χ2n) is 4.81. The third-order valence-corrected chi connectivity index (χ3v) is 3.73. The Hall–Kier alpha value is -1.86. The zero-order valence-electron chi connectivity index (χ0n) is 11.9. The minimum absolute atomic E-state index is 0.176. The van der Waals surface area contributed by atoms with Gasteiger partial charge in [-0.2, -0.15) is 0 Å². The van der Waals surface area contributed by atoms with Crippen LogP contribution in [0.25, 0.3) is 0 Å². The van der Waals surface area contributed by atoms with E-state index in [2.05, 4.69) is 14.8 Å². The molecule has 0 radical (unpaired) electrons. The van der Waals surface area contributed by atoms with Crippen molar-refractivity contribution in [1.29, 1.82) is 0 Å². The number of aliphatic hydroxyl groups is 2. The van der Waals surface area contributed by atoms with Gasteiger partial charge in [0, 0.05) is 0 Å². The molecule has 2 heterocycles. The van der Waals surface area contributed by atoms with Gasteiger partial charge >= 0.3 is 7.82 Å². The molecule has 13 nitrogen and oxygen atoms in total. The van der Waals surface area contributed by atoms with Gasteiger partial charge in [-0.1, -0.05) is 0 Å². The van der Waals surface area contributed by atoms with Gasteiger partial charge in [0.2, 0.25) is 6.41 Å². The van der Waals surface area contributed by atoms with Crippen molar-refractivity contribution in [1.82, 2.24) is 9.55 Å². The van der Waals surface area contributed by atoms with Crippen LogP contribution in [0.4, 0.5) is 5.82 Å². The molecule has 1 saturated heterocycles. The minimum atomic E-state index is -4.80. The number of phosphoric acid groups is 1. The number of primary amides is 1. The average Bonchev–Trinajstić information content (AvgIpc) is 3.00. The summed E-state index contributed by atoms with van der Waals surface area (Å²) < 4.78 is 21.3. The van der Waals surface area contributed by atoms with Crippen LogP contribution in [-0.4, -0.2) is 66.8 Å². The summed E-state index contributed by atoms with van der Waals surface area (Å²) in [7, 11) is -4.80. The maximum absolute atomic E-state index is 11.3. The van der Waals surface area contributed by atoms with Gasteiger partial charge in [0.05, 0.1) is 12.9 Å². The van der Waals surface area contributed by atoms with E-state index in [-0.39, 0.29) is 17.9 Å². The first-order chi connectivity index (χ1) is 11.2. The number of phosphoric ester groups is 1. The number of carbonyl (C=O) groups excluding carboxylic acids is 2. The van der Waals surface area contributed by atoms with Crippen molar-refractivity contribution >= 4 is 26.0 Å². The molecule has 14 heteroatoms. The molecule has 2 amide bonds. The van der Waals surface area contributed by atoms with Crippen molar-refractivity contribution in [3.8, 4) is 0 Å². The monoisotopic (exact) mass is 366 g/mol. The molecular weight excluding hydrogens is 351 g/mol. The lowest BCUT2D eigenvalue weighted by Gasteiger charge is -2.18. The highest BCUT2D eigenvalue weighted by molar-refractivity contribution is 7.46. The number of nitrogens with one attached hydrogen (secondary N) is 1. The number of carbonyl (C=O) groups is 2. The number of imidazole rings is 1. The molecule has 134 valence electrons. The van der Waals surface area contributed by atoms with Gasteiger partial charge in [0.15, 0.2) is 11.9 Å². The van der Waals surface area contributed by atoms with Gasteiger partial charge in [-0.05, 0) is 0 Å². The summed E-state index contributed by atoms with van der Waals surface area (Å²) in [5, 5.41) is 22.1. The van der Waals surface area contributed by atoms with E-state index in [1.165, 1.54) is 0 Å². The van der Waals surface area contributed by atoms with Gasteiger partial charge in [-0.3, -0.25) is 18.7 Å². The first-order valence-corrected chi connectivity index (χ1v) is 7.97. The van der Waals surface area contributed by atoms with Crippen molar-refractivity contribution in [3.05, 3.63) is 12.0 Å². The van der Waals surface area contributed by atoms with E-state index in [0.29, 0.717) is 0 Å². The number of rotatable bonds is 7. The van der Waals surface area contributed by atoms with E-state index in [4.69, 9.17) is 20.3 Å². The summed E-state index contributed by atoms with van der Waals surface area (Å²) in [5.41, 5.74) is 4.81. The van der Waals surface area contributed by atoms with Crippen LogP contribution in [0.2, 0.25) is 0 Å². The van der Waals surface area contributed by atoms with E-state index < -0.39 is 44.9 Å². The van der Waals surface area contributed by atoms with Crippen LogP contribution < -0.4 is 11.1 Å². The first-order valence-electron chi connectivity index (χ1n) is 6.44. The Labute approximate surface area is 134 Å². The molecule has 1 fully saturated rings. The Morgan fingerprint density at radius 2 is 2.17 bits per heavy atom. The van der Waals surface area contributed by atoms with Gasteiger partial charge in [-0.25, -0.2) is 9.55 Å². The van der Waals surface area contributed by atoms with Crippen LogP contribution in [0.3, 0.4) is 0 Å². The number of ether oxygens (including phenoxy) is 1. The fourth-order valence-electron chi connectivity index (χ4n) is 2.20. The molecule has 1 aromatic rings. The number of hydrogen-bond donors (Lipinski definition) is 6. The summed E-state index contributed by atoms with van der Waals surface area (Å²) in [4.78, 5) is 43.0. The summed E-state index contributed by atoms with van der Waals surface area (Å²) in [6, 6.07) is 0. The molecule has 1 aliphatic rings. The number of hydrogen-bond acceptors (Lipinski definition) is 8. The fourth-order valence-corrected chi connectivity index (χ4v) is 2.54. The van der Waals surface area contributed by atoms with Crippen LogP contribution >= 0.6 is 7.82 Å². The fraction of sp³-hybridized carbons (Fsp3) is 0.500. The van der Waals surface area contributed by atoms with Crippen LogP contribution in [0, 0.1) is 0 Å². The third-order valence-electron chi connectivity index (χ3n) is 3.24. The zero-order valence-corrected chi connectivity index (χ0v) is 12.8. The summed E-state index contributed by atoms with van der Waals surface area (Å²) >= 11 is 0. The Morgan fingerprint density at radius 1 is 1.50 bits per heavy atom. The van der Waals surface area contributed by atoms with Crippen LogP contribution in [-0.2, 0) is 18.6 Å². The Kier molecular flexibility index (Phi) is 5.35. The van der Waals surface area contributed by atoms with E-state index in [1.54, 1.807) is 0 Å². The lowest BCUT2D eigenvalue weighted by atomic mass is 10.1. The van der Waals surface area contributed by atoms with Gasteiger partial charge < -0.3 is 35.8 Å². The highest BCUT2D eigenvalue weighted by Crippen LogP contribution is 2.39. The predicted octanol–water partition coefficient (Wildman–Crippen LogP) is -2.72. The maximum Gasteiger partial charge on any atom is 0.469 e. The molecule has 4 atom stereocenters. The second-order valence-corrected chi connectivity index (χ2v) is 6.05. The topological polar surface area (TPSA) is 206 Å². The molecule has 2 rings (SSSR count). The van der Waals surface area contributed by atoms with Crippen molar-refractivity contribution in [2.45, 2.75) is 24.5 Å². The molecule has 7 N–H and O–H groups in total. The van der Waals surface area contributed by atoms with Crippen molar-refractivity contribution in [3.63, 3.8) is 0 Å². The number of nitrogens with two attached hydrogens (primary N) is 1. The summed E-state index contributed by atoms with van der Waals surface area (Å²) in [6.07, 6.45) is -4.41. The highest BCUT2D eigenvalue weighted by atomic mass is 31.2. The van der Waals surface area contributed by atoms with Crippen LogP contribution in [0.1, 0.15) is 16.7 Å². The smallest absolute Gasteiger partial charge is 0.387 e. The van der Waals surface area contributed by atoms with E-state index in [1.807, 2.05) is 0 Å². The third kappa shape index (κ3) is 3.79. The Bertz CT molecular complexity index is 673. The lowest BCUT2D eigenvalue weighted by molar-refractivity contribution is -0.105. The summed E-state index contributed by atoms with van der Waals surface area (Å²) in [5.74, 6) is -1.13. The molecule has 0 saturated carbocycles. The molecule has 0 bridgehead atoms. The lowest BCUT2D eigenvalue weighted by Crippen LogP contribution is -2.33. The molecule has 1 aliphatic heterocycles. The number of anilines is 1. The first kappa shape index (κ1) is 18.5. The Morgan fingerprint density at radius 3 is 2.71 bits per heavy atom. The molecular formula is C10H15N4O9P. The maximum atomic E-state index is 11.3. The predicted molar refractivity (Wildman–Crippen MR) is 74.4 cm³/mol. The Balaban J connectivity index is 2.25. The normalized spacial score (nSPS) is 27.2. The molecule has 0 spiro atoms. The van der Waals surface area contributed by atoms with Gasteiger partial charge in [0.25, 0.3) is 5.91 Å². The second kappa shape index (κ2) is 6.94. The molecule has 1 unspecified atom stereocenters. The van der Waals surface area contributed by atoms with Crippen molar-refractivity contribution in [2.24, 2.45) is 5.73 Å². The number of aromatic nitrogens is 2. The standard InChI is InChI=1S/C10H15N4O9P/c11-8(18)5-9(13-3-15)14(2-12-5)10-7(17)6(16)4(23-10)1-22-24(19,20)21/h2-4,6-7,10,16-17H,1H2,(H2,11,18)(H,13,15)(H2,19,20,21)/t4-,6?,7+,10-/m1/s1. The number of amides is 2. The number of aliphatic hydroxyl groups excluding tert-OH is 2. The number of nitrogens with zero attached hydrogens (tertiary/aromatic N) is 2. The van der Waals surface area contributed by atoms with E-state index in [0.717, 1.165) is 10.9 Å². The minimum Gasteiger partial charge on any atom is -0.387 e. The molecule has 1 aromatic heterocycles. The summed E-state index contributed by atoms with van der Waals surface area (Å²) in [6.45, 7) is -0.702. The van der Waals surface area contributed by atoms with Gasteiger partial charge in [0.1, 0.15) is 24.1 Å². The average molecular weight is 366 g/mol. The van der Waals surface area contributed by atoms with Crippen molar-refractivity contribution in [2.75, 3.05) is 11.9 Å². The van der Waals surface area contributed by atoms with Crippen molar-refractivity contribution < 1.29 is 43.4 Å². The highest BCUT2D eigenvalue weighted by Gasteiger charge is 2.45. The molecule has 0 aliphatic carbocycles. The van der Waals surface area contributed by atoms with Crippen LogP contribution in [0.5, 0.6) is 0 Å². The molecule has 0 aromatic carbocycles. The van der Waals surface area contributed by atoms with E-state index >= 15 is 0 Å². The molecule has 24 heavy (non-hydrogen) atoms. The van der Waals surface area contributed by atoms with Crippen LogP contribution in [0.15, 0.2) is 6.33 Å². The largest absolute Gasteiger partial charge is 0.469 e. The quantitative estimate of drug-likeness (QED) is 0.217. The van der Waals surface area contributed by atoms with E-state index in [9.17, 15) is 24.4 Å². The SMILES string of the molecule is NC(=O)c1ncn([C@@H]2O[C@H](COP(=O)(O)O)C(O)[C@@H]2O)c1NC=O. The zero-order chi connectivity index (χ0) is 18.1. The van der Waals surface area contributed by atoms with Gasteiger partial charge in [-0.15, -0.1) is 0 Å².